The van der Waals surface area contributed by atoms with Crippen LogP contribution in [-0.2, 0) is 4.76 Å². The number of nitrogens with zero attached hydrogens (tertiary/aromatic N) is 1. The van der Waals surface area contributed by atoms with E-state index in [0.29, 0.717) is 11.8 Å². The third-order valence-corrected chi connectivity index (χ3v) is 3.12. The number of hydrogen-bond acceptors (Lipinski definition) is 2. The Hall–Kier alpha value is -0.795. The first-order chi connectivity index (χ1) is 7.31. The van der Waals surface area contributed by atoms with Gasteiger partial charge in [-0.3, -0.25) is 0 Å². The molecule has 0 aromatic heterocycles. The van der Waals surface area contributed by atoms with E-state index in [2.05, 4.69) is 42.3 Å². The predicted molar refractivity (Wildman–Crippen MR) is 64.0 cm³/mol. The van der Waals surface area contributed by atoms with E-state index in [1.54, 1.807) is 0 Å². The largest absolute Gasteiger partial charge is 0.366 e. The Balaban J connectivity index is 2.05. The summed E-state index contributed by atoms with van der Waals surface area (Å²) in [6.45, 7) is 6.42. The molecule has 0 radical (unpaired) electrons. The highest BCUT2D eigenvalue weighted by Crippen LogP contribution is 2.31. The van der Waals surface area contributed by atoms with E-state index in [-0.39, 0.29) is 0 Å². The first-order valence-corrected chi connectivity index (χ1v) is 5.74. The number of hydroxylamine groups is 2. The first-order valence-electron chi connectivity index (χ1n) is 5.74. The molecule has 1 heterocycles. The van der Waals surface area contributed by atoms with Crippen molar-refractivity contribution >= 4 is 7.48 Å². The van der Waals surface area contributed by atoms with Crippen LogP contribution in [0.3, 0.4) is 0 Å². The molecule has 0 spiro atoms. The fraction of sp³-hybridized carbons (Fsp3) is 0.500. The summed E-state index contributed by atoms with van der Waals surface area (Å²) in [4.78, 5) is 0. The minimum Gasteiger partial charge on any atom is -0.366 e. The van der Waals surface area contributed by atoms with Gasteiger partial charge in [-0.15, -0.1) is 0 Å². The molecule has 2 atom stereocenters. The summed E-state index contributed by atoms with van der Waals surface area (Å²) in [5.74, 6) is 1.30. The molecule has 1 aliphatic rings. The second-order valence-electron chi connectivity index (χ2n) is 4.26. The molecule has 1 aliphatic heterocycles. The third-order valence-electron chi connectivity index (χ3n) is 3.12. The lowest BCUT2D eigenvalue weighted by Crippen LogP contribution is -2.22. The van der Waals surface area contributed by atoms with Gasteiger partial charge in [0.05, 0.1) is 0 Å². The van der Waals surface area contributed by atoms with Crippen LogP contribution in [0.2, 0.25) is 6.82 Å². The van der Waals surface area contributed by atoms with Gasteiger partial charge in [-0.2, -0.15) is 0 Å². The Morgan fingerprint density at radius 3 is 2.67 bits per heavy atom. The number of rotatable bonds is 3. The molecule has 15 heavy (non-hydrogen) atoms. The van der Waals surface area contributed by atoms with Crippen molar-refractivity contribution in [2.75, 3.05) is 13.1 Å². The van der Waals surface area contributed by atoms with Crippen molar-refractivity contribution in [1.82, 2.24) is 5.06 Å². The molecule has 0 aliphatic carbocycles. The lowest BCUT2D eigenvalue weighted by Gasteiger charge is -2.15. The standard InChI is InChI=1S/C12H18BNO/c1-10-8-14(15-13-2)9-12(10)11-6-4-3-5-7-11/h3-7,10,12-13H,8-9H2,1-2H3. The Morgan fingerprint density at radius 1 is 1.27 bits per heavy atom. The van der Waals surface area contributed by atoms with E-state index >= 15 is 0 Å². The van der Waals surface area contributed by atoms with Crippen LogP contribution in [0.15, 0.2) is 30.3 Å². The summed E-state index contributed by atoms with van der Waals surface area (Å²) in [5.41, 5.74) is 1.44. The molecule has 0 bridgehead atoms. The van der Waals surface area contributed by atoms with Crippen LogP contribution < -0.4 is 0 Å². The van der Waals surface area contributed by atoms with Crippen LogP contribution >= 0.6 is 0 Å². The van der Waals surface area contributed by atoms with Crippen molar-refractivity contribution in [3.05, 3.63) is 35.9 Å². The number of benzene rings is 1. The van der Waals surface area contributed by atoms with E-state index in [4.69, 9.17) is 4.76 Å². The van der Waals surface area contributed by atoms with E-state index in [1.165, 1.54) is 5.56 Å². The van der Waals surface area contributed by atoms with Gasteiger partial charge in [0.1, 0.15) is 0 Å². The molecule has 3 heteroatoms. The van der Waals surface area contributed by atoms with Gasteiger partial charge in [0.15, 0.2) is 0 Å². The SMILES string of the molecule is CBON1CC(C)C(c2ccccc2)C1. The predicted octanol–water partition coefficient (Wildman–Crippen LogP) is 2.05. The molecule has 80 valence electrons. The highest BCUT2D eigenvalue weighted by Gasteiger charge is 2.30. The molecular weight excluding hydrogens is 185 g/mol. The first kappa shape index (κ1) is 10.7. The van der Waals surface area contributed by atoms with Crippen LogP contribution in [0.5, 0.6) is 0 Å². The zero-order valence-corrected chi connectivity index (χ0v) is 9.52. The van der Waals surface area contributed by atoms with E-state index in [9.17, 15) is 0 Å². The van der Waals surface area contributed by atoms with Gasteiger partial charge in [-0.1, -0.05) is 44.1 Å². The zero-order valence-electron chi connectivity index (χ0n) is 9.52. The van der Waals surface area contributed by atoms with Crippen molar-refractivity contribution < 1.29 is 4.76 Å². The van der Waals surface area contributed by atoms with Crippen molar-refractivity contribution in [1.29, 1.82) is 0 Å². The van der Waals surface area contributed by atoms with E-state index in [1.807, 2.05) is 6.82 Å². The molecule has 0 N–H and O–H groups in total. The summed E-state index contributed by atoms with van der Waals surface area (Å²) in [7, 11) is 0.772. The van der Waals surface area contributed by atoms with Crippen LogP contribution in [0.4, 0.5) is 0 Å². The minimum absolute atomic E-state index is 0.623. The smallest absolute Gasteiger partial charge is 0.301 e. The zero-order chi connectivity index (χ0) is 10.7. The van der Waals surface area contributed by atoms with Gasteiger partial charge in [0.25, 0.3) is 0 Å². The van der Waals surface area contributed by atoms with Crippen LogP contribution in [0, 0.1) is 5.92 Å². The minimum atomic E-state index is 0.623. The number of hydrogen-bond donors (Lipinski definition) is 0. The molecule has 1 fully saturated rings. The fourth-order valence-corrected chi connectivity index (χ4v) is 2.34. The van der Waals surface area contributed by atoms with E-state index < -0.39 is 0 Å². The summed E-state index contributed by atoms with van der Waals surface area (Å²) >= 11 is 0. The highest BCUT2D eigenvalue weighted by atomic mass is 16.6. The second kappa shape index (κ2) is 4.82. The topological polar surface area (TPSA) is 12.5 Å². The van der Waals surface area contributed by atoms with Gasteiger partial charge >= 0.3 is 7.48 Å². The fourth-order valence-electron chi connectivity index (χ4n) is 2.34. The van der Waals surface area contributed by atoms with Crippen LogP contribution in [0.25, 0.3) is 0 Å². The van der Waals surface area contributed by atoms with Gasteiger partial charge in [0.2, 0.25) is 0 Å². The molecule has 1 saturated heterocycles. The van der Waals surface area contributed by atoms with Crippen LogP contribution in [-0.4, -0.2) is 25.6 Å². The molecule has 1 aromatic rings. The molecule has 2 nitrogen and oxygen atoms in total. The average molecular weight is 203 g/mol. The maximum absolute atomic E-state index is 5.56. The maximum Gasteiger partial charge on any atom is 0.301 e. The molecule has 2 rings (SSSR count). The van der Waals surface area contributed by atoms with Crippen LogP contribution in [0.1, 0.15) is 18.4 Å². The Kier molecular flexibility index (Phi) is 3.44. The summed E-state index contributed by atoms with van der Waals surface area (Å²) < 4.78 is 5.56. The molecule has 1 aromatic carbocycles. The summed E-state index contributed by atoms with van der Waals surface area (Å²) in [5, 5.41) is 2.10. The second-order valence-corrected chi connectivity index (χ2v) is 4.26. The summed E-state index contributed by atoms with van der Waals surface area (Å²) in [6, 6.07) is 10.7. The average Bonchev–Trinajstić information content (AvgIpc) is 2.61. The monoisotopic (exact) mass is 203 g/mol. The Morgan fingerprint density at radius 2 is 2.00 bits per heavy atom. The van der Waals surface area contributed by atoms with Gasteiger partial charge in [-0.05, 0) is 11.5 Å². The lowest BCUT2D eigenvalue weighted by molar-refractivity contribution is -0.0356. The Bertz CT molecular complexity index is 304. The van der Waals surface area contributed by atoms with Gasteiger partial charge in [-0.25, -0.2) is 5.06 Å². The Labute approximate surface area is 92.5 Å². The van der Waals surface area contributed by atoms with Crippen molar-refractivity contribution in [3.8, 4) is 0 Å². The highest BCUT2D eigenvalue weighted by molar-refractivity contribution is 6.24. The molecule has 2 unspecified atom stereocenters. The van der Waals surface area contributed by atoms with Gasteiger partial charge < -0.3 is 4.76 Å². The normalized spacial score (nSPS) is 26.8. The van der Waals surface area contributed by atoms with Gasteiger partial charge in [0, 0.05) is 19.0 Å². The van der Waals surface area contributed by atoms with Crippen molar-refractivity contribution in [2.24, 2.45) is 5.92 Å². The van der Waals surface area contributed by atoms with E-state index in [0.717, 1.165) is 20.6 Å². The molecule has 0 amide bonds. The summed E-state index contributed by atoms with van der Waals surface area (Å²) in [6.07, 6.45) is 0. The van der Waals surface area contributed by atoms with Crippen molar-refractivity contribution in [2.45, 2.75) is 19.7 Å². The molecule has 0 saturated carbocycles. The van der Waals surface area contributed by atoms with Crippen molar-refractivity contribution in [3.63, 3.8) is 0 Å². The maximum atomic E-state index is 5.56. The quantitative estimate of drug-likeness (QED) is 0.697. The third kappa shape index (κ3) is 2.41. The lowest BCUT2D eigenvalue weighted by atomic mass is 9.90. The molecular formula is C12H18BNO.